The van der Waals surface area contributed by atoms with Crippen molar-refractivity contribution >= 4 is 17.5 Å². The van der Waals surface area contributed by atoms with Crippen molar-refractivity contribution in [3.05, 3.63) is 73.0 Å². The summed E-state index contributed by atoms with van der Waals surface area (Å²) in [6, 6.07) is 9.73. The molecule has 1 aromatic carbocycles. The topological polar surface area (TPSA) is 105 Å². The smallest absolute Gasteiger partial charge is 0.236 e. The van der Waals surface area contributed by atoms with Crippen LogP contribution < -0.4 is 10.6 Å². The standard InChI is InChI=1S/C18H16N6O2/c1-11-15(17(26)23-13-3-2-8-19-9-13)16(12-4-6-14(25)7-5-12)24-18(22-11)20-10-21-24/h2-10,15-16,25H,1H2,(H,23,26)(H,20,21,22). The molecule has 8 heteroatoms. The van der Waals surface area contributed by atoms with E-state index in [0.717, 1.165) is 5.56 Å². The van der Waals surface area contributed by atoms with Crippen LogP contribution >= 0.6 is 0 Å². The Kier molecular flexibility index (Phi) is 3.85. The largest absolute Gasteiger partial charge is 0.508 e. The van der Waals surface area contributed by atoms with E-state index in [2.05, 4.69) is 32.3 Å². The van der Waals surface area contributed by atoms with Gasteiger partial charge in [0, 0.05) is 11.9 Å². The summed E-state index contributed by atoms with van der Waals surface area (Å²) in [5, 5.41) is 19.7. The second-order valence-corrected chi connectivity index (χ2v) is 5.92. The lowest BCUT2D eigenvalue weighted by Crippen LogP contribution is -2.39. The van der Waals surface area contributed by atoms with Gasteiger partial charge in [-0.1, -0.05) is 18.7 Å². The second kappa shape index (κ2) is 6.32. The number of pyridine rings is 1. The summed E-state index contributed by atoms with van der Waals surface area (Å²) < 4.78 is 1.65. The second-order valence-electron chi connectivity index (χ2n) is 5.92. The predicted molar refractivity (Wildman–Crippen MR) is 95.4 cm³/mol. The van der Waals surface area contributed by atoms with Crippen LogP contribution in [0.4, 0.5) is 11.6 Å². The highest BCUT2D eigenvalue weighted by Crippen LogP contribution is 2.38. The van der Waals surface area contributed by atoms with Crippen molar-refractivity contribution in [2.24, 2.45) is 5.92 Å². The molecule has 3 aromatic rings. The Labute approximate surface area is 149 Å². The van der Waals surface area contributed by atoms with Gasteiger partial charge in [-0.25, -0.2) is 4.68 Å². The van der Waals surface area contributed by atoms with Crippen LogP contribution in [0.1, 0.15) is 11.6 Å². The van der Waals surface area contributed by atoms with Gasteiger partial charge in [0.1, 0.15) is 18.0 Å². The van der Waals surface area contributed by atoms with Crippen LogP contribution in [0.15, 0.2) is 67.4 Å². The highest BCUT2D eigenvalue weighted by molar-refractivity contribution is 5.95. The molecule has 1 aliphatic heterocycles. The Morgan fingerprint density at radius 2 is 2.08 bits per heavy atom. The lowest BCUT2D eigenvalue weighted by atomic mass is 9.88. The first-order chi connectivity index (χ1) is 12.6. The third kappa shape index (κ3) is 2.77. The number of rotatable bonds is 3. The average Bonchev–Trinajstić information content (AvgIpc) is 3.10. The third-order valence-corrected chi connectivity index (χ3v) is 4.25. The minimum absolute atomic E-state index is 0.150. The van der Waals surface area contributed by atoms with E-state index in [1.54, 1.807) is 53.5 Å². The first-order valence-electron chi connectivity index (χ1n) is 7.98. The molecule has 3 N–H and O–H groups in total. The Balaban J connectivity index is 1.74. The number of benzene rings is 1. The summed E-state index contributed by atoms with van der Waals surface area (Å²) >= 11 is 0. The summed E-state index contributed by atoms with van der Waals surface area (Å²) in [4.78, 5) is 21.2. The summed E-state index contributed by atoms with van der Waals surface area (Å²) in [6.45, 7) is 4.01. The number of phenols is 1. The molecule has 0 radical (unpaired) electrons. The van der Waals surface area contributed by atoms with Gasteiger partial charge in [0.2, 0.25) is 11.9 Å². The number of nitrogens with one attached hydrogen (secondary N) is 2. The lowest BCUT2D eigenvalue weighted by molar-refractivity contribution is -0.119. The zero-order valence-corrected chi connectivity index (χ0v) is 13.7. The van der Waals surface area contributed by atoms with Crippen molar-refractivity contribution < 1.29 is 9.90 Å². The van der Waals surface area contributed by atoms with E-state index in [1.165, 1.54) is 6.33 Å². The zero-order chi connectivity index (χ0) is 18.1. The Bertz CT molecular complexity index is 951. The number of carbonyl (C=O) groups is 1. The normalized spacial score (nSPS) is 18.7. The minimum Gasteiger partial charge on any atom is -0.508 e. The molecule has 0 fully saturated rings. The van der Waals surface area contributed by atoms with E-state index in [4.69, 9.17) is 0 Å². The molecule has 2 unspecified atom stereocenters. The number of nitrogens with zero attached hydrogens (tertiary/aromatic N) is 4. The molecule has 0 spiro atoms. The average molecular weight is 348 g/mol. The fourth-order valence-corrected chi connectivity index (χ4v) is 3.06. The van der Waals surface area contributed by atoms with Crippen LogP contribution in [0, 0.1) is 5.92 Å². The predicted octanol–water partition coefficient (Wildman–Crippen LogP) is 2.16. The van der Waals surface area contributed by atoms with Gasteiger partial charge in [-0.15, -0.1) is 0 Å². The van der Waals surface area contributed by atoms with E-state index in [0.29, 0.717) is 17.3 Å². The number of aromatic nitrogens is 4. The summed E-state index contributed by atoms with van der Waals surface area (Å²) in [6.07, 6.45) is 4.63. The number of aromatic hydroxyl groups is 1. The van der Waals surface area contributed by atoms with Crippen molar-refractivity contribution in [3.63, 3.8) is 0 Å². The number of anilines is 2. The van der Waals surface area contributed by atoms with Crippen LogP contribution in [-0.4, -0.2) is 30.8 Å². The van der Waals surface area contributed by atoms with Crippen molar-refractivity contribution in [1.82, 2.24) is 19.7 Å². The third-order valence-electron chi connectivity index (χ3n) is 4.25. The lowest BCUT2D eigenvalue weighted by Gasteiger charge is -2.33. The highest BCUT2D eigenvalue weighted by Gasteiger charge is 2.39. The number of hydrogen-bond acceptors (Lipinski definition) is 6. The van der Waals surface area contributed by atoms with Crippen LogP contribution in [0.5, 0.6) is 5.75 Å². The maximum Gasteiger partial charge on any atom is 0.236 e. The van der Waals surface area contributed by atoms with Gasteiger partial charge in [0.05, 0.1) is 17.9 Å². The van der Waals surface area contributed by atoms with E-state index in [9.17, 15) is 9.90 Å². The van der Waals surface area contributed by atoms with E-state index in [-0.39, 0.29) is 11.7 Å². The SMILES string of the molecule is C=C1Nc2ncnn2C(c2ccc(O)cc2)C1C(=O)Nc1cccnc1. The first kappa shape index (κ1) is 15.8. The Morgan fingerprint density at radius 3 is 2.81 bits per heavy atom. The number of carbonyl (C=O) groups excluding carboxylic acids is 1. The van der Waals surface area contributed by atoms with Gasteiger partial charge in [-0.2, -0.15) is 10.1 Å². The Morgan fingerprint density at radius 1 is 1.27 bits per heavy atom. The molecule has 1 amide bonds. The first-order valence-corrected chi connectivity index (χ1v) is 7.98. The van der Waals surface area contributed by atoms with Gasteiger partial charge < -0.3 is 15.7 Å². The maximum atomic E-state index is 13.0. The molecule has 2 atom stereocenters. The number of amides is 1. The number of phenolic OH excluding ortho intramolecular Hbond substituents is 1. The molecule has 0 aliphatic carbocycles. The van der Waals surface area contributed by atoms with Gasteiger partial charge in [0.25, 0.3) is 0 Å². The van der Waals surface area contributed by atoms with Crippen molar-refractivity contribution in [3.8, 4) is 5.75 Å². The molecule has 0 saturated heterocycles. The summed E-state index contributed by atoms with van der Waals surface area (Å²) in [5.74, 6) is -0.209. The van der Waals surface area contributed by atoms with Gasteiger partial charge in [-0.05, 0) is 29.8 Å². The quantitative estimate of drug-likeness (QED) is 0.670. The molecule has 8 nitrogen and oxygen atoms in total. The van der Waals surface area contributed by atoms with Gasteiger partial charge in [-0.3, -0.25) is 9.78 Å². The molecule has 130 valence electrons. The van der Waals surface area contributed by atoms with Crippen molar-refractivity contribution in [1.29, 1.82) is 0 Å². The summed E-state index contributed by atoms with van der Waals surface area (Å²) in [7, 11) is 0. The molecular formula is C18H16N6O2. The minimum atomic E-state index is -0.631. The molecule has 26 heavy (non-hydrogen) atoms. The van der Waals surface area contributed by atoms with Gasteiger partial charge >= 0.3 is 0 Å². The zero-order valence-electron chi connectivity index (χ0n) is 13.7. The van der Waals surface area contributed by atoms with Crippen LogP contribution in [0.25, 0.3) is 0 Å². The monoisotopic (exact) mass is 348 g/mol. The fraction of sp³-hybridized carbons (Fsp3) is 0.111. The molecule has 3 heterocycles. The maximum absolute atomic E-state index is 13.0. The molecule has 0 saturated carbocycles. The van der Waals surface area contributed by atoms with Gasteiger partial charge in [0.15, 0.2) is 0 Å². The van der Waals surface area contributed by atoms with Crippen LogP contribution in [-0.2, 0) is 4.79 Å². The van der Waals surface area contributed by atoms with Crippen LogP contribution in [0.3, 0.4) is 0 Å². The van der Waals surface area contributed by atoms with Crippen LogP contribution in [0.2, 0.25) is 0 Å². The van der Waals surface area contributed by atoms with E-state index in [1.807, 2.05) is 0 Å². The fourth-order valence-electron chi connectivity index (χ4n) is 3.06. The number of hydrogen-bond donors (Lipinski definition) is 3. The number of fused-ring (bicyclic) bond motifs is 1. The molecular weight excluding hydrogens is 332 g/mol. The molecule has 4 rings (SSSR count). The van der Waals surface area contributed by atoms with E-state index >= 15 is 0 Å². The highest BCUT2D eigenvalue weighted by atomic mass is 16.3. The molecule has 2 aromatic heterocycles. The summed E-state index contributed by atoms with van der Waals surface area (Å²) in [5.41, 5.74) is 1.92. The molecule has 0 bridgehead atoms. The molecule has 1 aliphatic rings. The van der Waals surface area contributed by atoms with E-state index < -0.39 is 12.0 Å². The van der Waals surface area contributed by atoms with Crippen molar-refractivity contribution in [2.45, 2.75) is 6.04 Å². The van der Waals surface area contributed by atoms with Crippen molar-refractivity contribution in [2.75, 3.05) is 10.6 Å². The Hall–Kier alpha value is -3.68.